The van der Waals surface area contributed by atoms with Crippen LogP contribution < -0.4 is 10.6 Å². The molecule has 1 aliphatic rings. The molecule has 0 bridgehead atoms. The molecule has 1 aromatic rings. The summed E-state index contributed by atoms with van der Waals surface area (Å²) in [5.41, 5.74) is 2.68. The molecule has 2 rings (SSSR count). The van der Waals surface area contributed by atoms with Gasteiger partial charge < -0.3 is 15.5 Å². The summed E-state index contributed by atoms with van der Waals surface area (Å²) in [6.07, 6.45) is 2.36. The van der Waals surface area contributed by atoms with Crippen LogP contribution in [0.1, 0.15) is 30.9 Å². The Morgan fingerprint density at radius 3 is 2.28 bits per heavy atom. The van der Waals surface area contributed by atoms with Crippen molar-refractivity contribution in [2.75, 3.05) is 46.8 Å². The standard InChI is InChI=1S/C19H33N5.HI/c1-4-5-10-21-19(20-2)22-15-17-6-8-18(9-7-17)16-24-13-11-23(3)12-14-24;/h6-9H,4-5,10-16H2,1-3H3,(H2,20,21,22);1H. The Kier molecular flexibility index (Phi) is 11.1. The van der Waals surface area contributed by atoms with Gasteiger partial charge in [-0.05, 0) is 24.6 Å². The van der Waals surface area contributed by atoms with Gasteiger partial charge in [-0.3, -0.25) is 9.89 Å². The highest BCUT2D eigenvalue weighted by molar-refractivity contribution is 14.0. The van der Waals surface area contributed by atoms with E-state index in [9.17, 15) is 0 Å². The first-order valence-corrected chi connectivity index (χ1v) is 9.14. The number of unbranched alkanes of at least 4 members (excludes halogenated alkanes) is 1. The fraction of sp³-hybridized carbons (Fsp3) is 0.632. The van der Waals surface area contributed by atoms with Crippen LogP contribution in [0.5, 0.6) is 0 Å². The third-order valence-corrected chi connectivity index (χ3v) is 4.53. The zero-order chi connectivity index (χ0) is 17.2. The molecule has 1 saturated heterocycles. The zero-order valence-corrected chi connectivity index (χ0v) is 18.3. The van der Waals surface area contributed by atoms with E-state index >= 15 is 0 Å². The normalized spacial score (nSPS) is 16.4. The van der Waals surface area contributed by atoms with Crippen molar-refractivity contribution in [2.45, 2.75) is 32.9 Å². The Balaban J connectivity index is 0.00000312. The first-order valence-electron chi connectivity index (χ1n) is 9.14. The molecule has 0 aromatic heterocycles. The van der Waals surface area contributed by atoms with Crippen LogP contribution in [-0.4, -0.2) is 62.6 Å². The summed E-state index contributed by atoms with van der Waals surface area (Å²) in [5.74, 6) is 0.880. The van der Waals surface area contributed by atoms with Crippen LogP contribution in [0.15, 0.2) is 29.3 Å². The summed E-state index contributed by atoms with van der Waals surface area (Å²) in [5, 5.41) is 6.71. The van der Waals surface area contributed by atoms with Crippen molar-refractivity contribution in [3.8, 4) is 0 Å². The molecule has 0 atom stereocenters. The molecule has 0 radical (unpaired) electrons. The van der Waals surface area contributed by atoms with E-state index in [0.29, 0.717) is 0 Å². The van der Waals surface area contributed by atoms with Gasteiger partial charge in [0.25, 0.3) is 0 Å². The minimum Gasteiger partial charge on any atom is -0.356 e. The third kappa shape index (κ3) is 8.37. The molecule has 2 N–H and O–H groups in total. The smallest absolute Gasteiger partial charge is 0.191 e. The van der Waals surface area contributed by atoms with E-state index in [-0.39, 0.29) is 24.0 Å². The second-order valence-electron chi connectivity index (χ2n) is 6.60. The van der Waals surface area contributed by atoms with Crippen molar-refractivity contribution in [1.29, 1.82) is 0 Å². The van der Waals surface area contributed by atoms with Crippen LogP contribution in [0.3, 0.4) is 0 Å². The van der Waals surface area contributed by atoms with E-state index < -0.39 is 0 Å². The number of aliphatic imine (C=N–C) groups is 1. The van der Waals surface area contributed by atoms with Gasteiger partial charge in [0, 0.05) is 52.9 Å². The molecule has 1 fully saturated rings. The van der Waals surface area contributed by atoms with Crippen molar-refractivity contribution in [3.05, 3.63) is 35.4 Å². The lowest BCUT2D eigenvalue weighted by Crippen LogP contribution is -2.43. The monoisotopic (exact) mass is 459 g/mol. The number of benzene rings is 1. The number of hydrogen-bond donors (Lipinski definition) is 2. The van der Waals surface area contributed by atoms with Crippen LogP contribution in [0.4, 0.5) is 0 Å². The SMILES string of the molecule is CCCCNC(=NC)NCc1ccc(CN2CCN(C)CC2)cc1.I. The quantitative estimate of drug-likeness (QED) is 0.285. The molecular formula is C19H34IN5. The molecule has 0 aliphatic carbocycles. The van der Waals surface area contributed by atoms with E-state index in [4.69, 9.17) is 0 Å². The van der Waals surface area contributed by atoms with Crippen LogP contribution in [-0.2, 0) is 13.1 Å². The highest BCUT2D eigenvalue weighted by atomic mass is 127. The Hall–Kier alpha value is -0.860. The van der Waals surface area contributed by atoms with Crippen LogP contribution in [0, 0.1) is 0 Å². The lowest BCUT2D eigenvalue weighted by molar-refractivity contribution is 0.148. The second-order valence-corrected chi connectivity index (χ2v) is 6.60. The summed E-state index contributed by atoms with van der Waals surface area (Å²) in [6, 6.07) is 8.95. The highest BCUT2D eigenvalue weighted by Gasteiger charge is 2.13. The van der Waals surface area contributed by atoms with Crippen LogP contribution >= 0.6 is 24.0 Å². The first kappa shape index (κ1) is 22.2. The van der Waals surface area contributed by atoms with E-state index in [1.165, 1.54) is 50.1 Å². The fourth-order valence-corrected chi connectivity index (χ4v) is 2.82. The Morgan fingerprint density at radius 2 is 1.68 bits per heavy atom. The molecule has 6 heteroatoms. The summed E-state index contributed by atoms with van der Waals surface area (Å²) in [7, 11) is 4.02. The molecule has 0 saturated carbocycles. The topological polar surface area (TPSA) is 42.9 Å². The molecule has 1 aliphatic heterocycles. The number of hydrogen-bond acceptors (Lipinski definition) is 3. The number of nitrogens with one attached hydrogen (secondary N) is 2. The Labute approximate surface area is 170 Å². The zero-order valence-electron chi connectivity index (χ0n) is 15.9. The number of guanidine groups is 1. The van der Waals surface area contributed by atoms with E-state index in [0.717, 1.165) is 25.6 Å². The average molecular weight is 459 g/mol. The minimum atomic E-state index is 0. The lowest BCUT2D eigenvalue weighted by atomic mass is 10.1. The van der Waals surface area contributed by atoms with E-state index in [1.807, 2.05) is 7.05 Å². The lowest BCUT2D eigenvalue weighted by Gasteiger charge is -2.32. The van der Waals surface area contributed by atoms with Crippen molar-refractivity contribution in [2.24, 2.45) is 4.99 Å². The van der Waals surface area contributed by atoms with Crippen molar-refractivity contribution in [1.82, 2.24) is 20.4 Å². The number of nitrogens with zero attached hydrogens (tertiary/aromatic N) is 3. The summed E-state index contributed by atoms with van der Waals surface area (Å²) < 4.78 is 0. The molecular weight excluding hydrogens is 425 g/mol. The van der Waals surface area contributed by atoms with Gasteiger partial charge in [0.2, 0.25) is 0 Å². The number of piperazine rings is 1. The van der Waals surface area contributed by atoms with Crippen LogP contribution in [0.25, 0.3) is 0 Å². The number of halogens is 1. The summed E-state index contributed by atoms with van der Waals surface area (Å²) in [4.78, 5) is 9.19. The second kappa shape index (κ2) is 12.5. The molecule has 1 heterocycles. The van der Waals surface area contributed by atoms with Crippen molar-refractivity contribution >= 4 is 29.9 Å². The Bertz CT molecular complexity index is 495. The highest BCUT2D eigenvalue weighted by Crippen LogP contribution is 2.09. The maximum absolute atomic E-state index is 4.26. The Morgan fingerprint density at radius 1 is 1.04 bits per heavy atom. The van der Waals surface area contributed by atoms with Gasteiger partial charge in [0.05, 0.1) is 0 Å². The van der Waals surface area contributed by atoms with Gasteiger partial charge in [0.15, 0.2) is 5.96 Å². The van der Waals surface area contributed by atoms with Gasteiger partial charge >= 0.3 is 0 Å². The van der Waals surface area contributed by atoms with Crippen molar-refractivity contribution < 1.29 is 0 Å². The fourth-order valence-electron chi connectivity index (χ4n) is 2.82. The molecule has 25 heavy (non-hydrogen) atoms. The summed E-state index contributed by atoms with van der Waals surface area (Å²) in [6.45, 7) is 9.71. The van der Waals surface area contributed by atoms with Crippen LogP contribution in [0.2, 0.25) is 0 Å². The van der Waals surface area contributed by atoms with E-state index in [2.05, 4.69) is 63.7 Å². The van der Waals surface area contributed by atoms with Gasteiger partial charge in [0.1, 0.15) is 0 Å². The predicted molar refractivity (Wildman–Crippen MR) is 118 cm³/mol. The molecule has 1 aromatic carbocycles. The number of likely N-dealkylation sites (N-methyl/N-ethyl adjacent to an activating group) is 1. The first-order chi connectivity index (χ1) is 11.7. The van der Waals surface area contributed by atoms with Gasteiger partial charge in [-0.25, -0.2) is 0 Å². The van der Waals surface area contributed by atoms with Gasteiger partial charge in [-0.15, -0.1) is 24.0 Å². The molecule has 5 nitrogen and oxygen atoms in total. The largest absolute Gasteiger partial charge is 0.356 e. The third-order valence-electron chi connectivity index (χ3n) is 4.53. The maximum Gasteiger partial charge on any atom is 0.191 e. The minimum absolute atomic E-state index is 0. The molecule has 0 unspecified atom stereocenters. The van der Waals surface area contributed by atoms with E-state index in [1.54, 1.807) is 0 Å². The molecule has 0 spiro atoms. The van der Waals surface area contributed by atoms with Gasteiger partial charge in [-0.1, -0.05) is 37.6 Å². The summed E-state index contributed by atoms with van der Waals surface area (Å²) >= 11 is 0. The predicted octanol–water partition coefficient (Wildman–Crippen LogP) is 2.52. The van der Waals surface area contributed by atoms with Gasteiger partial charge in [-0.2, -0.15) is 0 Å². The molecule has 0 amide bonds. The maximum atomic E-state index is 4.26. The average Bonchev–Trinajstić information content (AvgIpc) is 2.61. The molecule has 142 valence electrons. The number of rotatable bonds is 7. The van der Waals surface area contributed by atoms with Crippen molar-refractivity contribution in [3.63, 3.8) is 0 Å².